The van der Waals surface area contributed by atoms with E-state index in [1.807, 2.05) is 35.9 Å². The first-order valence-electron chi connectivity index (χ1n) is 9.39. The number of benzene rings is 2. The van der Waals surface area contributed by atoms with E-state index in [1.54, 1.807) is 34.6 Å². The fraction of sp³-hybridized carbons (Fsp3) is 0.217. The highest BCUT2D eigenvalue weighted by molar-refractivity contribution is 5.88. The van der Waals surface area contributed by atoms with E-state index in [0.29, 0.717) is 23.1 Å². The average Bonchev–Trinajstić information content (AvgIpc) is 3.13. The summed E-state index contributed by atoms with van der Waals surface area (Å²) < 4.78 is 23.5. The summed E-state index contributed by atoms with van der Waals surface area (Å²) in [6.45, 7) is 1.99. The van der Waals surface area contributed by atoms with Crippen LogP contribution >= 0.6 is 0 Å². The molecule has 7 nitrogen and oxygen atoms in total. The molecule has 0 spiro atoms. The first-order valence-corrected chi connectivity index (χ1v) is 9.39. The third kappa shape index (κ3) is 3.28. The third-order valence-electron chi connectivity index (χ3n) is 5.04. The smallest absolute Gasteiger partial charge is 0.212 e. The molecule has 0 fully saturated rings. The normalized spacial score (nSPS) is 10.8. The van der Waals surface area contributed by atoms with Gasteiger partial charge < -0.3 is 18.9 Å². The van der Waals surface area contributed by atoms with Crippen molar-refractivity contribution in [1.29, 1.82) is 0 Å². The number of hydrogen-bond acceptors (Lipinski definition) is 6. The van der Waals surface area contributed by atoms with E-state index in [2.05, 4.69) is 23.2 Å². The van der Waals surface area contributed by atoms with Crippen molar-refractivity contribution < 1.29 is 18.9 Å². The highest BCUT2D eigenvalue weighted by Crippen LogP contribution is 2.40. The molecule has 4 rings (SSSR count). The Morgan fingerprint density at radius 2 is 1.47 bits per heavy atom. The average molecular weight is 405 g/mol. The van der Waals surface area contributed by atoms with Gasteiger partial charge >= 0.3 is 0 Å². The van der Waals surface area contributed by atoms with Gasteiger partial charge in [-0.3, -0.25) is 0 Å². The number of nitrogens with zero attached hydrogens (tertiary/aromatic N) is 3. The number of ether oxygens (including phenoxy) is 4. The molecule has 0 aliphatic rings. The predicted molar refractivity (Wildman–Crippen MR) is 115 cm³/mol. The van der Waals surface area contributed by atoms with E-state index >= 15 is 0 Å². The first kappa shape index (κ1) is 19.6. The van der Waals surface area contributed by atoms with Gasteiger partial charge in [0.2, 0.25) is 11.6 Å². The topological polar surface area (TPSA) is 67.6 Å². The Morgan fingerprint density at radius 1 is 0.767 bits per heavy atom. The molecule has 0 aliphatic carbocycles. The van der Waals surface area contributed by atoms with Crippen LogP contribution < -0.4 is 18.9 Å². The summed E-state index contributed by atoms with van der Waals surface area (Å²) in [5.41, 5.74) is 4.74. The zero-order valence-corrected chi connectivity index (χ0v) is 17.6. The summed E-state index contributed by atoms with van der Waals surface area (Å²) in [7, 11) is 6.39. The van der Waals surface area contributed by atoms with Crippen LogP contribution in [0.25, 0.3) is 27.7 Å². The zero-order valence-electron chi connectivity index (χ0n) is 17.6. The molecule has 0 aliphatic heterocycles. The highest BCUT2D eigenvalue weighted by Gasteiger charge is 2.17. The molecule has 0 saturated heterocycles. The number of hydrogen-bond donors (Lipinski definition) is 0. The maximum Gasteiger partial charge on any atom is 0.212 e. The van der Waals surface area contributed by atoms with Crippen LogP contribution in [-0.2, 0) is 0 Å². The monoisotopic (exact) mass is 405 g/mol. The number of aryl methyl sites for hydroxylation is 1. The largest absolute Gasteiger partial charge is 0.493 e. The Hall–Kier alpha value is -3.74. The Bertz CT molecular complexity index is 1170. The van der Waals surface area contributed by atoms with Crippen molar-refractivity contribution in [3.63, 3.8) is 0 Å². The maximum absolute atomic E-state index is 5.51. The second-order valence-corrected chi connectivity index (χ2v) is 6.70. The van der Waals surface area contributed by atoms with E-state index in [4.69, 9.17) is 24.0 Å². The van der Waals surface area contributed by atoms with Crippen LogP contribution in [0.2, 0.25) is 0 Å². The summed E-state index contributed by atoms with van der Waals surface area (Å²) in [5.74, 6) is 2.27. The lowest BCUT2D eigenvalue weighted by molar-refractivity contribution is 0.324. The van der Waals surface area contributed by atoms with Gasteiger partial charge in [-0.05, 0) is 24.6 Å². The van der Waals surface area contributed by atoms with Crippen LogP contribution in [0, 0.1) is 6.92 Å². The lowest BCUT2D eigenvalue weighted by atomic mass is 10.1. The number of pyridine rings is 1. The minimum absolute atomic E-state index is 0.543. The lowest BCUT2D eigenvalue weighted by Crippen LogP contribution is -2.01. The van der Waals surface area contributed by atoms with Crippen molar-refractivity contribution in [2.24, 2.45) is 0 Å². The highest BCUT2D eigenvalue weighted by atomic mass is 16.5. The lowest BCUT2D eigenvalue weighted by Gasteiger charge is -2.14. The Balaban J connectivity index is 1.89. The van der Waals surface area contributed by atoms with Gasteiger partial charge in [0.1, 0.15) is 0 Å². The standard InChI is InChI=1S/C23H23N3O4/c1-14-18-8-6-15(16-7-9-22(29-4)24-13-16)10-19(18)26(25-14)17-11-20(27-2)23(30-5)21(12-17)28-3/h6-13H,1-5H3. The van der Waals surface area contributed by atoms with Crippen molar-refractivity contribution in [1.82, 2.24) is 14.8 Å². The molecule has 2 aromatic heterocycles. The van der Waals surface area contributed by atoms with Gasteiger partial charge in [0, 0.05) is 35.3 Å². The molecule has 0 saturated carbocycles. The second-order valence-electron chi connectivity index (χ2n) is 6.70. The molecule has 0 amide bonds. The van der Waals surface area contributed by atoms with Crippen molar-refractivity contribution in [3.05, 3.63) is 54.4 Å². The van der Waals surface area contributed by atoms with Gasteiger partial charge in [-0.1, -0.05) is 12.1 Å². The van der Waals surface area contributed by atoms with E-state index in [0.717, 1.165) is 33.4 Å². The van der Waals surface area contributed by atoms with Gasteiger partial charge in [-0.25, -0.2) is 9.67 Å². The van der Waals surface area contributed by atoms with Crippen LogP contribution in [0.5, 0.6) is 23.1 Å². The molecule has 30 heavy (non-hydrogen) atoms. The molecular weight excluding hydrogens is 382 g/mol. The zero-order chi connectivity index (χ0) is 21.3. The summed E-state index contributed by atoms with van der Waals surface area (Å²) in [5, 5.41) is 5.82. The second kappa shape index (κ2) is 7.94. The molecule has 7 heteroatoms. The maximum atomic E-state index is 5.51. The minimum Gasteiger partial charge on any atom is -0.493 e. The number of methoxy groups -OCH3 is 4. The first-order chi connectivity index (χ1) is 14.6. The summed E-state index contributed by atoms with van der Waals surface area (Å²) >= 11 is 0. The van der Waals surface area contributed by atoms with Crippen molar-refractivity contribution >= 4 is 10.9 Å². The van der Waals surface area contributed by atoms with Crippen molar-refractivity contribution in [3.8, 4) is 39.9 Å². The fourth-order valence-electron chi connectivity index (χ4n) is 3.51. The van der Waals surface area contributed by atoms with Crippen molar-refractivity contribution in [2.75, 3.05) is 28.4 Å². The molecule has 0 N–H and O–H groups in total. The Morgan fingerprint density at radius 3 is 2.03 bits per heavy atom. The molecule has 0 radical (unpaired) electrons. The summed E-state index contributed by atoms with van der Waals surface area (Å²) in [6, 6.07) is 13.8. The van der Waals surface area contributed by atoms with Gasteiger partial charge in [0.25, 0.3) is 0 Å². The van der Waals surface area contributed by atoms with Gasteiger partial charge in [0.15, 0.2) is 11.5 Å². The fourth-order valence-corrected chi connectivity index (χ4v) is 3.51. The molecule has 2 aromatic carbocycles. The van der Waals surface area contributed by atoms with Gasteiger partial charge in [-0.15, -0.1) is 0 Å². The van der Waals surface area contributed by atoms with Crippen LogP contribution in [0.4, 0.5) is 0 Å². The van der Waals surface area contributed by atoms with E-state index in [1.165, 1.54) is 0 Å². The Labute approximate surface area is 174 Å². The van der Waals surface area contributed by atoms with E-state index < -0.39 is 0 Å². The van der Waals surface area contributed by atoms with Crippen LogP contribution in [0.1, 0.15) is 5.69 Å². The van der Waals surface area contributed by atoms with Crippen LogP contribution in [0.15, 0.2) is 48.7 Å². The Kier molecular flexibility index (Phi) is 5.18. The molecule has 154 valence electrons. The van der Waals surface area contributed by atoms with Crippen LogP contribution in [0.3, 0.4) is 0 Å². The third-order valence-corrected chi connectivity index (χ3v) is 5.04. The number of aromatic nitrogens is 3. The van der Waals surface area contributed by atoms with Crippen LogP contribution in [-0.4, -0.2) is 43.2 Å². The quantitative estimate of drug-likeness (QED) is 0.473. The summed E-state index contributed by atoms with van der Waals surface area (Å²) in [6.07, 6.45) is 1.80. The molecule has 0 unspecified atom stereocenters. The van der Waals surface area contributed by atoms with Crippen molar-refractivity contribution in [2.45, 2.75) is 6.92 Å². The summed E-state index contributed by atoms with van der Waals surface area (Å²) in [4.78, 5) is 4.31. The SMILES string of the molecule is COc1ccc(-c2ccc3c(C)nn(-c4cc(OC)c(OC)c(OC)c4)c3c2)cn1. The van der Waals surface area contributed by atoms with E-state index in [-0.39, 0.29) is 0 Å². The number of rotatable bonds is 6. The molecule has 0 bridgehead atoms. The predicted octanol–water partition coefficient (Wildman–Crippen LogP) is 4.43. The molecule has 4 aromatic rings. The van der Waals surface area contributed by atoms with Gasteiger partial charge in [-0.2, -0.15) is 5.10 Å². The molecule has 2 heterocycles. The van der Waals surface area contributed by atoms with Gasteiger partial charge in [0.05, 0.1) is 45.3 Å². The molecular formula is C23H23N3O4. The minimum atomic E-state index is 0.543. The molecule has 0 atom stereocenters. The van der Waals surface area contributed by atoms with E-state index in [9.17, 15) is 0 Å². The number of fused-ring (bicyclic) bond motifs is 1.